The average Bonchev–Trinajstić information content (AvgIpc) is 2.54. The van der Waals surface area contributed by atoms with Gasteiger partial charge in [0, 0.05) is 13.1 Å². The van der Waals surface area contributed by atoms with Crippen LogP contribution in [0.2, 0.25) is 0 Å². The van der Waals surface area contributed by atoms with Gasteiger partial charge in [0.2, 0.25) is 0 Å². The number of piperidine rings is 1. The third-order valence-electron chi connectivity index (χ3n) is 4.11. The SMILES string of the molecule is CCOc1ccccc1NC(=S)NCCCN1CCC[C@@H](C)C1. The van der Waals surface area contributed by atoms with Crippen LogP contribution in [0.25, 0.3) is 0 Å². The Bertz CT molecular complexity index is 495. The molecule has 1 atom stereocenters. The van der Waals surface area contributed by atoms with Crippen LogP contribution in [0.1, 0.15) is 33.1 Å². The molecule has 1 aliphatic rings. The zero-order valence-electron chi connectivity index (χ0n) is 14.3. The molecule has 2 rings (SSSR count). The third kappa shape index (κ3) is 6.36. The molecule has 0 aliphatic carbocycles. The van der Waals surface area contributed by atoms with Crippen LogP contribution in [-0.4, -0.2) is 42.8 Å². The van der Waals surface area contributed by atoms with Gasteiger partial charge in [0.05, 0.1) is 12.3 Å². The van der Waals surface area contributed by atoms with Crippen LogP contribution in [0.5, 0.6) is 5.75 Å². The molecule has 2 N–H and O–H groups in total. The zero-order valence-corrected chi connectivity index (χ0v) is 15.1. The highest BCUT2D eigenvalue weighted by Crippen LogP contribution is 2.23. The first kappa shape index (κ1) is 18.0. The summed E-state index contributed by atoms with van der Waals surface area (Å²) in [5.41, 5.74) is 0.914. The second-order valence-electron chi connectivity index (χ2n) is 6.21. The molecule has 23 heavy (non-hydrogen) atoms. The van der Waals surface area contributed by atoms with Gasteiger partial charge >= 0.3 is 0 Å². The lowest BCUT2D eigenvalue weighted by Crippen LogP contribution is -2.37. The van der Waals surface area contributed by atoms with Gasteiger partial charge in [0.1, 0.15) is 5.75 Å². The number of hydrogen-bond acceptors (Lipinski definition) is 3. The van der Waals surface area contributed by atoms with Crippen molar-refractivity contribution in [3.63, 3.8) is 0 Å². The minimum atomic E-state index is 0.646. The molecule has 0 unspecified atom stereocenters. The maximum Gasteiger partial charge on any atom is 0.170 e. The highest BCUT2D eigenvalue weighted by Gasteiger charge is 2.15. The lowest BCUT2D eigenvalue weighted by molar-refractivity contribution is 0.182. The number of ether oxygens (including phenoxy) is 1. The molecule has 0 radical (unpaired) electrons. The summed E-state index contributed by atoms with van der Waals surface area (Å²) in [4.78, 5) is 2.57. The van der Waals surface area contributed by atoms with Crippen LogP contribution in [0, 0.1) is 5.92 Å². The third-order valence-corrected chi connectivity index (χ3v) is 4.36. The summed E-state index contributed by atoms with van der Waals surface area (Å²) in [6.07, 6.45) is 3.83. The Morgan fingerprint density at radius 2 is 2.22 bits per heavy atom. The van der Waals surface area contributed by atoms with Crippen LogP contribution >= 0.6 is 12.2 Å². The summed E-state index contributed by atoms with van der Waals surface area (Å²) in [5, 5.41) is 7.17. The smallest absolute Gasteiger partial charge is 0.170 e. The molecular weight excluding hydrogens is 306 g/mol. The van der Waals surface area contributed by atoms with Gasteiger partial charge in [-0.1, -0.05) is 19.1 Å². The number of rotatable bonds is 7. The molecule has 0 bridgehead atoms. The summed E-state index contributed by atoms with van der Waals surface area (Å²) >= 11 is 5.38. The van der Waals surface area contributed by atoms with E-state index >= 15 is 0 Å². The normalized spacial score (nSPS) is 18.4. The number of nitrogens with one attached hydrogen (secondary N) is 2. The Hall–Kier alpha value is -1.33. The molecule has 1 fully saturated rings. The highest BCUT2D eigenvalue weighted by molar-refractivity contribution is 7.80. The number of anilines is 1. The van der Waals surface area contributed by atoms with E-state index in [-0.39, 0.29) is 0 Å². The van der Waals surface area contributed by atoms with E-state index in [9.17, 15) is 0 Å². The van der Waals surface area contributed by atoms with Gasteiger partial charge in [0.15, 0.2) is 5.11 Å². The van der Waals surface area contributed by atoms with E-state index in [0.29, 0.717) is 11.7 Å². The molecule has 0 saturated carbocycles. The van der Waals surface area contributed by atoms with Gasteiger partial charge in [-0.15, -0.1) is 0 Å². The van der Waals surface area contributed by atoms with E-state index < -0.39 is 0 Å². The quantitative estimate of drug-likeness (QED) is 0.589. The van der Waals surface area contributed by atoms with Crippen molar-refractivity contribution < 1.29 is 4.74 Å². The maximum absolute atomic E-state index is 5.60. The minimum Gasteiger partial charge on any atom is -0.492 e. The largest absolute Gasteiger partial charge is 0.492 e. The maximum atomic E-state index is 5.60. The van der Waals surface area contributed by atoms with Crippen molar-refractivity contribution in [3.05, 3.63) is 24.3 Å². The Morgan fingerprint density at radius 3 is 3.00 bits per heavy atom. The van der Waals surface area contributed by atoms with E-state index in [2.05, 4.69) is 22.5 Å². The number of hydrogen-bond donors (Lipinski definition) is 2. The first-order chi connectivity index (χ1) is 11.2. The minimum absolute atomic E-state index is 0.646. The van der Waals surface area contributed by atoms with Crippen LogP contribution < -0.4 is 15.4 Å². The number of thiocarbonyl (C=S) groups is 1. The van der Waals surface area contributed by atoms with Gasteiger partial charge in [0.25, 0.3) is 0 Å². The number of nitrogens with zero attached hydrogens (tertiary/aromatic N) is 1. The van der Waals surface area contributed by atoms with E-state index in [1.54, 1.807) is 0 Å². The van der Waals surface area contributed by atoms with Crippen molar-refractivity contribution >= 4 is 23.0 Å². The predicted octanol–water partition coefficient (Wildman–Crippen LogP) is 3.49. The summed E-state index contributed by atoms with van der Waals surface area (Å²) in [5.74, 6) is 1.68. The standard InChI is InChI=1S/C18H29N3OS/c1-3-22-17-10-5-4-9-16(17)20-18(23)19-11-7-13-21-12-6-8-15(2)14-21/h4-5,9-10,15H,3,6-8,11-14H2,1-2H3,(H2,19,20,23)/t15-/m1/s1. The monoisotopic (exact) mass is 335 g/mol. The zero-order chi connectivity index (χ0) is 16.5. The lowest BCUT2D eigenvalue weighted by atomic mass is 10.0. The summed E-state index contributed by atoms with van der Waals surface area (Å²) < 4.78 is 5.60. The molecule has 1 saturated heterocycles. The first-order valence-corrected chi connectivity index (χ1v) is 9.09. The molecule has 0 aromatic heterocycles. The number of para-hydroxylation sites is 2. The fourth-order valence-corrected chi connectivity index (χ4v) is 3.22. The number of benzene rings is 1. The Morgan fingerprint density at radius 1 is 1.39 bits per heavy atom. The molecule has 4 nitrogen and oxygen atoms in total. The molecule has 1 heterocycles. The molecule has 1 aromatic rings. The molecule has 0 spiro atoms. The van der Waals surface area contributed by atoms with Gasteiger partial charge in [-0.3, -0.25) is 0 Å². The van der Waals surface area contributed by atoms with Crippen LogP contribution in [0.3, 0.4) is 0 Å². The van der Waals surface area contributed by atoms with Crippen molar-refractivity contribution in [1.82, 2.24) is 10.2 Å². The van der Waals surface area contributed by atoms with E-state index in [1.807, 2.05) is 31.2 Å². The van der Waals surface area contributed by atoms with Crippen molar-refractivity contribution in [1.29, 1.82) is 0 Å². The molecule has 1 aromatic carbocycles. The molecule has 1 aliphatic heterocycles. The van der Waals surface area contributed by atoms with Gasteiger partial charge in [-0.25, -0.2) is 0 Å². The van der Waals surface area contributed by atoms with Crippen molar-refractivity contribution in [2.24, 2.45) is 5.92 Å². The van der Waals surface area contributed by atoms with Gasteiger partial charge in [-0.2, -0.15) is 0 Å². The fraction of sp³-hybridized carbons (Fsp3) is 0.611. The summed E-state index contributed by atoms with van der Waals surface area (Å²) in [6, 6.07) is 7.87. The first-order valence-electron chi connectivity index (χ1n) is 8.68. The fourth-order valence-electron chi connectivity index (χ4n) is 3.01. The highest BCUT2D eigenvalue weighted by atomic mass is 32.1. The molecular formula is C18H29N3OS. The van der Waals surface area contributed by atoms with E-state index in [0.717, 1.165) is 36.9 Å². The summed E-state index contributed by atoms with van der Waals surface area (Å²) in [7, 11) is 0. The second kappa shape index (κ2) is 9.73. The molecule has 5 heteroatoms. The van der Waals surface area contributed by atoms with Gasteiger partial charge < -0.3 is 20.3 Å². The van der Waals surface area contributed by atoms with Crippen LogP contribution in [0.4, 0.5) is 5.69 Å². The van der Waals surface area contributed by atoms with E-state index in [1.165, 1.54) is 25.9 Å². The van der Waals surface area contributed by atoms with Crippen LogP contribution in [-0.2, 0) is 0 Å². The molecule has 128 valence electrons. The van der Waals surface area contributed by atoms with Crippen LogP contribution in [0.15, 0.2) is 24.3 Å². The summed E-state index contributed by atoms with van der Waals surface area (Å²) in [6.45, 7) is 9.50. The van der Waals surface area contributed by atoms with Gasteiger partial charge in [-0.05, 0) is 69.5 Å². The number of likely N-dealkylation sites (tertiary alicyclic amines) is 1. The Kier molecular flexibility index (Phi) is 7.62. The Balaban J connectivity index is 1.67. The predicted molar refractivity (Wildman–Crippen MR) is 101 cm³/mol. The van der Waals surface area contributed by atoms with Crippen molar-refractivity contribution in [2.75, 3.05) is 38.1 Å². The van der Waals surface area contributed by atoms with Crippen molar-refractivity contribution in [2.45, 2.75) is 33.1 Å². The van der Waals surface area contributed by atoms with E-state index in [4.69, 9.17) is 17.0 Å². The lowest BCUT2D eigenvalue weighted by Gasteiger charge is -2.30. The topological polar surface area (TPSA) is 36.5 Å². The molecule has 0 amide bonds. The average molecular weight is 336 g/mol. The van der Waals surface area contributed by atoms with Crippen molar-refractivity contribution in [3.8, 4) is 5.75 Å². The Labute approximate surface area is 145 Å². The second-order valence-corrected chi connectivity index (χ2v) is 6.62.